The first kappa shape index (κ1) is 22.4. The summed E-state index contributed by atoms with van der Waals surface area (Å²) in [6, 6.07) is 9.50. The number of nitrogens with zero attached hydrogens (tertiary/aromatic N) is 1. The number of benzene rings is 1. The molecule has 2 N–H and O–H groups in total. The number of hydrogen-bond donors (Lipinski definition) is 2. The highest BCUT2D eigenvalue weighted by molar-refractivity contribution is 7.10. The van der Waals surface area contributed by atoms with E-state index in [4.69, 9.17) is 19.8 Å². The maximum Gasteiger partial charge on any atom is 0.414 e. The van der Waals surface area contributed by atoms with Crippen LogP contribution >= 0.6 is 11.3 Å². The van der Waals surface area contributed by atoms with Crippen LogP contribution in [0.25, 0.3) is 0 Å². The molecule has 1 aromatic carbocycles. The van der Waals surface area contributed by atoms with Gasteiger partial charge in [-0.15, -0.1) is 11.3 Å². The van der Waals surface area contributed by atoms with E-state index < -0.39 is 11.9 Å². The third kappa shape index (κ3) is 6.12. The van der Waals surface area contributed by atoms with Gasteiger partial charge in [0.05, 0.1) is 0 Å². The van der Waals surface area contributed by atoms with Crippen LogP contribution in [0.2, 0.25) is 0 Å². The van der Waals surface area contributed by atoms with Crippen LogP contribution in [0, 0.1) is 5.82 Å². The van der Waals surface area contributed by atoms with E-state index in [1.807, 2.05) is 23.5 Å². The van der Waals surface area contributed by atoms with Crippen LogP contribution in [0.15, 0.2) is 35.7 Å². The zero-order valence-corrected chi connectivity index (χ0v) is 17.7. The Bertz CT molecular complexity index is 831. The Balaban J connectivity index is 0.000000377. The quantitative estimate of drug-likeness (QED) is 0.682. The van der Waals surface area contributed by atoms with E-state index in [0.29, 0.717) is 5.92 Å². The van der Waals surface area contributed by atoms with Gasteiger partial charge in [0.25, 0.3) is 0 Å². The summed E-state index contributed by atoms with van der Waals surface area (Å²) in [4.78, 5) is 22.5. The Morgan fingerprint density at radius 1 is 1.03 bits per heavy atom. The van der Waals surface area contributed by atoms with Crippen molar-refractivity contribution in [2.45, 2.75) is 50.4 Å². The van der Waals surface area contributed by atoms with Crippen molar-refractivity contribution >= 4 is 23.3 Å². The number of aryl methyl sites for hydroxylation is 1. The highest BCUT2D eigenvalue weighted by Gasteiger charge is 2.24. The van der Waals surface area contributed by atoms with Crippen molar-refractivity contribution in [2.75, 3.05) is 19.6 Å². The van der Waals surface area contributed by atoms with Crippen molar-refractivity contribution < 1.29 is 24.2 Å². The SMILES string of the molecule is Fc1ccc(C2CCN(CCC3CCCc4sccc43)CC2)cc1.O=C(O)C(=O)O. The first-order chi connectivity index (χ1) is 14.4. The monoisotopic (exact) mass is 433 g/mol. The third-order valence-corrected chi connectivity index (χ3v) is 7.08. The van der Waals surface area contributed by atoms with Crippen molar-refractivity contribution in [3.8, 4) is 0 Å². The minimum Gasteiger partial charge on any atom is -0.473 e. The van der Waals surface area contributed by atoms with Crippen molar-refractivity contribution in [3.63, 3.8) is 0 Å². The molecule has 0 saturated carbocycles. The van der Waals surface area contributed by atoms with Crippen molar-refractivity contribution in [1.82, 2.24) is 4.90 Å². The number of hydrogen-bond acceptors (Lipinski definition) is 4. The summed E-state index contributed by atoms with van der Waals surface area (Å²) in [6.45, 7) is 3.60. The fraction of sp³-hybridized carbons (Fsp3) is 0.478. The Kier molecular flexibility index (Phi) is 7.99. The molecule has 2 aliphatic rings. The molecule has 1 saturated heterocycles. The van der Waals surface area contributed by atoms with E-state index in [9.17, 15) is 4.39 Å². The zero-order chi connectivity index (χ0) is 21.5. The molecular weight excluding hydrogens is 405 g/mol. The number of likely N-dealkylation sites (tertiary alicyclic amines) is 1. The largest absolute Gasteiger partial charge is 0.473 e. The average molecular weight is 434 g/mol. The number of thiophene rings is 1. The molecule has 0 amide bonds. The van der Waals surface area contributed by atoms with Gasteiger partial charge in [0.15, 0.2) is 0 Å². The summed E-state index contributed by atoms with van der Waals surface area (Å²) in [7, 11) is 0. The van der Waals surface area contributed by atoms with Gasteiger partial charge in [-0.1, -0.05) is 12.1 Å². The fourth-order valence-electron chi connectivity index (χ4n) is 4.45. The van der Waals surface area contributed by atoms with Gasteiger partial charge in [-0.3, -0.25) is 0 Å². The molecule has 1 atom stereocenters. The second-order valence-corrected chi connectivity index (χ2v) is 8.96. The molecule has 7 heteroatoms. The predicted molar refractivity (Wildman–Crippen MR) is 115 cm³/mol. The van der Waals surface area contributed by atoms with Gasteiger partial charge >= 0.3 is 11.9 Å². The molecule has 4 rings (SSSR count). The molecule has 0 spiro atoms. The lowest BCUT2D eigenvalue weighted by Crippen LogP contribution is -2.34. The number of carbonyl (C=O) groups is 2. The number of halogens is 1. The first-order valence-electron chi connectivity index (χ1n) is 10.4. The normalized spacial score (nSPS) is 19.4. The van der Waals surface area contributed by atoms with E-state index in [0.717, 1.165) is 5.92 Å². The van der Waals surface area contributed by atoms with Crippen LogP contribution in [0.1, 0.15) is 59.9 Å². The summed E-state index contributed by atoms with van der Waals surface area (Å²) in [6.07, 6.45) is 7.76. The van der Waals surface area contributed by atoms with Crippen LogP contribution in [0.3, 0.4) is 0 Å². The van der Waals surface area contributed by atoms with E-state index in [1.54, 1.807) is 22.6 Å². The van der Waals surface area contributed by atoms with Crippen LogP contribution in [-0.4, -0.2) is 46.7 Å². The van der Waals surface area contributed by atoms with Gasteiger partial charge in [-0.05, 0) is 105 Å². The van der Waals surface area contributed by atoms with Crippen LogP contribution < -0.4 is 0 Å². The third-order valence-electron chi connectivity index (χ3n) is 6.08. The molecule has 1 fully saturated rings. The summed E-state index contributed by atoms with van der Waals surface area (Å²) in [5.41, 5.74) is 2.96. The molecule has 5 nitrogen and oxygen atoms in total. The van der Waals surface area contributed by atoms with Gasteiger partial charge < -0.3 is 15.1 Å². The average Bonchev–Trinajstić information content (AvgIpc) is 3.23. The second kappa shape index (κ2) is 10.7. The van der Waals surface area contributed by atoms with Crippen LogP contribution in [-0.2, 0) is 16.0 Å². The van der Waals surface area contributed by atoms with E-state index >= 15 is 0 Å². The van der Waals surface area contributed by atoms with Gasteiger partial charge in [0.2, 0.25) is 0 Å². The molecule has 1 aliphatic heterocycles. The smallest absolute Gasteiger partial charge is 0.414 e. The number of fused-ring (bicyclic) bond motifs is 1. The zero-order valence-electron chi connectivity index (χ0n) is 16.9. The lowest BCUT2D eigenvalue weighted by molar-refractivity contribution is -0.159. The predicted octanol–water partition coefficient (Wildman–Crippen LogP) is 4.73. The molecule has 162 valence electrons. The maximum absolute atomic E-state index is 13.1. The van der Waals surface area contributed by atoms with Gasteiger partial charge in [-0.2, -0.15) is 0 Å². The van der Waals surface area contributed by atoms with Crippen molar-refractivity contribution in [1.29, 1.82) is 0 Å². The Morgan fingerprint density at radius 3 is 2.33 bits per heavy atom. The van der Waals surface area contributed by atoms with Gasteiger partial charge in [0, 0.05) is 4.88 Å². The Labute approximate surface area is 180 Å². The molecule has 0 radical (unpaired) electrons. The molecule has 2 aromatic rings. The van der Waals surface area contributed by atoms with E-state index in [2.05, 4.69) is 16.3 Å². The Hall–Kier alpha value is -2.25. The number of aliphatic carboxylic acids is 2. The minimum atomic E-state index is -1.82. The highest BCUT2D eigenvalue weighted by Crippen LogP contribution is 2.37. The molecule has 2 heterocycles. The maximum atomic E-state index is 13.1. The lowest BCUT2D eigenvalue weighted by atomic mass is 9.85. The van der Waals surface area contributed by atoms with Crippen LogP contribution in [0.4, 0.5) is 4.39 Å². The highest BCUT2D eigenvalue weighted by atomic mass is 32.1. The lowest BCUT2D eigenvalue weighted by Gasteiger charge is -2.33. The molecule has 1 aromatic heterocycles. The van der Waals surface area contributed by atoms with Gasteiger partial charge in [-0.25, -0.2) is 14.0 Å². The Morgan fingerprint density at radius 2 is 1.70 bits per heavy atom. The minimum absolute atomic E-state index is 0.128. The fourth-order valence-corrected chi connectivity index (χ4v) is 5.46. The van der Waals surface area contributed by atoms with E-state index in [1.165, 1.54) is 63.7 Å². The second-order valence-electron chi connectivity index (χ2n) is 7.95. The topological polar surface area (TPSA) is 77.8 Å². The molecule has 30 heavy (non-hydrogen) atoms. The van der Waals surface area contributed by atoms with E-state index in [-0.39, 0.29) is 5.82 Å². The van der Waals surface area contributed by atoms with Gasteiger partial charge in [0.1, 0.15) is 5.82 Å². The number of piperidine rings is 1. The molecule has 1 aliphatic carbocycles. The van der Waals surface area contributed by atoms with Crippen molar-refractivity contribution in [2.24, 2.45) is 0 Å². The summed E-state index contributed by atoms with van der Waals surface area (Å²) < 4.78 is 13.1. The molecule has 0 bridgehead atoms. The molecule has 1 unspecified atom stereocenters. The number of rotatable bonds is 4. The summed E-state index contributed by atoms with van der Waals surface area (Å²) >= 11 is 1.95. The number of carboxylic acid groups (broad SMARTS) is 2. The first-order valence-corrected chi connectivity index (χ1v) is 11.3. The van der Waals surface area contributed by atoms with Crippen molar-refractivity contribution in [3.05, 3.63) is 57.5 Å². The number of carboxylic acids is 2. The molecular formula is C23H28FNO4S. The van der Waals surface area contributed by atoms with Crippen LogP contribution in [0.5, 0.6) is 0 Å². The standard InChI is InChI=1S/C21H26FNS.C2H2O4/c22-19-6-4-16(5-7-19)17-8-12-23(13-9-17)14-10-18-2-1-3-21-20(18)11-15-24-21;3-1(4)2(5)6/h4-7,11,15,17-18H,1-3,8-10,12-14H2;(H,3,4)(H,5,6). The summed E-state index contributed by atoms with van der Waals surface area (Å²) in [5, 5.41) is 17.1. The summed E-state index contributed by atoms with van der Waals surface area (Å²) in [5.74, 6) is -2.38.